The van der Waals surface area contributed by atoms with Crippen LogP contribution in [-0.2, 0) is 0 Å². The lowest BCUT2D eigenvalue weighted by molar-refractivity contribution is 0.578. The number of hydrogen-bond acceptors (Lipinski definition) is 2. The number of hydrogen-bond donors (Lipinski definition) is 0. The smallest absolute Gasteiger partial charge is 0.100 e. The molecule has 0 saturated carbocycles. The number of rotatable bonds is 1. The summed E-state index contributed by atoms with van der Waals surface area (Å²) in [6.45, 7) is 2.24. The summed E-state index contributed by atoms with van der Waals surface area (Å²) in [5.41, 5.74) is 1.90. The van der Waals surface area contributed by atoms with Crippen LogP contribution in [0.25, 0.3) is 0 Å². The zero-order valence-corrected chi connectivity index (χ0v) is 10.1. The molecule has 0 N–H and O–H groups in total. The van der Waals surface area contributed by atoms with Gasteiger partial charge in [0.1, 0.15) is 6.07 Å². The van der Waals surface area contributed by atoms with Gasteiger partial charge in [-0.25, -0.2) is 0 Å². The van der Waals surface area contributed by atoms with Crippen LogP contribution >= 0.6 is 15.9 Å². The Kier molecular flexibility index (Phi) is 3.27. The third-order valence-corrected chi connectivity index (χ3v) is 3.48. The summed E-state index contributed by atoms with van der Waals surface area (Å²) in [5.74, 6) is 0. The van der Waals surface area contributed by atoms with Gasteiger partial charge in [-0.2, -0.15) is 5.26 Å². The Morgan fingerprint density at radius 3 is 2.60 bits per heavy atom. The van der Waals surface area contributed by atoms with Crippen molar-refractivity contribution in [1.29, 1.82) is 5.26 Å². The molecular weight excluding hydrogens is 252 g/mol. The van der Waals surface area contributed by atoms with E-state index in [1.165, 1.54) is 24.9 Å². The molecule has 0 radical (unpaired) electrons. The second-order valence-corrected chi connectivity index (χ2v) is 4.68. The first-order valence-electron chi connectivity index (χ1n) is 5.26. The van der Waals surface area contributed by atoms with Crippen LogP contribution in [0.5, 0.6) is 0 Å². The molecule has 1 fully saturated rings. The molecule has 0 amide bonds. The van der Waals surface area contributed by atoms with Crippen LogP contribution in [-0.4, -0.2) is 13.1 Å². The summed E-state index contributed by atoms with van der Waals surface area (Å²) in [6.07, 6.45) is 3.86. The Labute approximate surface area is 98.6 Å². The predicted molar refractivity (Wildman–Crippen MR) is 64.9 cm³/mol. The first-order chi connectivity index (χ1) is 7.31. The zero-order chi connectivity index (χ0) is 10.7. The summed E-state index contributed by atoms with van der Waals surface area (Å²) >= 11 is 3.37. The third-order valence-electron chi connectivity index (χ3n) is 2.79. The summed E-state index contributed by atoms with van der Waals surface area (Å²) in [4.78, 5) is 2.36. The lowest BCUT2D eigenvalue weighted by atomic mass is 10.1. The van der Waals surface area contributed by atoms with E-state index in [-0.39, 0.29) is 0 Å². The van der Waals surface area contributed by atoms with E-state index in [2.05, 4.69) is 33.0 Å². The maximum atomic E-state index is 8.94. The fraction of sp³-hybridized carbons (Fsp3) is 0.417. The van der Waals surface area contributed by atoms with Gasteiger partial charge < -0.3 is 4.90 Å². The van der Waals surface area contributed by atoms with E-state index < -0.39 is 0 Å². The van der Waals surface area contributed by atoms with Crippen molar-refractivity contribution in [2.45, 2.75) is 19.3 Å². The molecule has 0 atom stereocenters. The van der Waals surface area contributed by atoms with E-state index in [9.17, 15) is 0 Å². The lowest BCUT2D eigenvalue weighted by Crippen LogP contribution is -2.29. The molecule has 0 unspecified atom stereocenters. The maximum absolute atomic E-state index is 8.94. The lowest BCUT2D eigenvalue weighted by Gasteiger charge is -2.28. The summed E-state index contributed by atoms with van der Waals surface area (Å²) in [7, 11) is 0. The molecule has 1 aliphatic rings. The largest absolute Gasteiger partial charge is 0.372 e. The van der Waals surface area contributed by atoms with E-state index in [0.29, 0.717) is 0 Å². The number of benzene rings is 1. The average Bonchev–Trinajstić information content (AvgIpc) is 2.31. The standard InChI is InChI=1S/C12H13BrN2/c13-12-5-4-11(8-10(12)9-14)15-6-2-1-3-7-15/h4-5,8H,1-3,6-7H2. The van der Waals surface area contributed by atoms with Crippen LogP contribution < -0.4 is 4.90 Å². The minimum Gasteiger partial charge on any atom is -0.372 e. The van der Waals surface area contributed by atoms with Crippen molar-refractivity contribution in [3.63, 3.8) is 0 Å². The molecule has 2 rings (SSSR count). The van der Waals surface area contributed by atoms with Gasteiger partial charge in [0, 0.05) is 23.2 Å². The molecule has 0 bridgehead atoms. The molecule has 78 valence electrons. The van der Waals surface area contributed by atoms with Crippen molar-refractivity contribution in [2.24, 2.45) is 0 Å². The molecule has 0 aromatic heterocycles. The predicted octanol–water partition coefficient (Wildman–Crippen LogP) is 3.31. The highest BCUT2D eigenvalue weighted by atomic mass is 79.9. The summed E-state index contributed by atoms with van der Waals surface area (Å²) in [5, 5.41) is 8.94. The third kappa shape index (κ3) is 2.32. The van der Waals surface area contributed by atoms with Crippen molar-refractivity contribution in [3.05, 3.63) is 28.2 Å². The number of anilines is 1. The van der Waals surface area contributed by atoms with Gasteiger partial charge in [0.05, 0.1) is 5.56 Å². The Hall–Kier alpha value is -1.01. The minimum atomic E-state index is 0.720. The second-order valence-electron chi connectivity index (χ2n) is 3.82. The van der Waals surface area contributed by atoms with Crippen LogP contribution in [0.1, 0.15) is 24.8 Å². The van der Waals surface area contributed by atoms with E-state index in [0.717, 1.165) is 23.1 Å². The topological polar surface area (TPSA) is 27.0 Å². The molecule has 1 aliphatic heterocycles. The van der Waals surface area contributed by atoms with Crippen LogP contribution in [0.3, 0.4) is 0 Å². The second kappa shape index (κ2) is 4.67. The van der Waals surface area contributed by atoms with Gasteiger partial charge in [-0.05, 0) is 53.4 Å². The van der Waals surface area contributed by atoms with Crippen LogP contribution in [0, 0.1) is 11.3 Å². The molecule has 2 nitrogen and oxygen atoms in total. The number of nitrogens with zero attached hydrogens (tertiary/aromatic N) is 2. The Bertz CT molecular complexity index is 389. The quantitative estimate of drug-likeness (QED) is 0.778. The van der Waals surface area contributed by atoms with E-state index >= 15 is 0 Å². The van der Waals surface area contributed by atoms with Crippen molar-refractivity contribution < 1.29 is 0 Å². The highest BCUT2D eigenvalue weighted by Crippen LogP contribution is 2.25. The molecule has 1 heterocycles. The molecule has 1 aromatic carbocycles. The van der Waals surface area contributed by atoms with E-state index in [1.54, 1.807) is 0 Å². The molecule has 15 heavy (non-hydrogen) atoms. The normalized spacial score (nSPS) is 16.1. The van der Waals surface area contributed by atoms with Crippen LogP contribution in [0.15, 0.2) is 22.7 Å². The summed E-state index contributed by atoms with van der Waals surface area (Å²) in [6, 6.07) is 8.21. The number of piperidine rings is 1. The van der Waals surface area contributed by atoms with Gasteiger partial charge in [0.15, 0.2) is 0 Å². The molecule has 1 saturated heterocycles. The average molecular weight is 265 g/mol. The fourth-order valence-corrected chi connectivity index (χ4v) is 2.28. The minimum absolute atomic E-state index is 0.720. The van der Waals surface area contributed by atoms with E-state index in [1.807, 2.05) is 12.1 Å². The van der Waals surface area contributed by atoms with Crippen LogP contribution in [0.2, 0.25) is 0 Å². The SMILES string of the molecule is N#Cc1cc(N2CCCCC2)ccc1Br. The van der Waals surface area contributed by atoms with Crippen LogP contribution in [0.4, 0.5) is 5.69 Å². The van der Waals surface area contributed by atoms with Gasteiger partial charge in [0.25, 0.3) is 0 Å². The monoisotopic (exact) mass is 264 g/mol. The molecule has 1 aromatic rings. The highest BCUT2D eigenvalue weighted by Gasteiger charge is 2.11. The zero-order valence-electron chi connectivity index (χ0n) is 8.54. The Morgan fingerprint density at radius 1 is 1.20 bits per heavy atom. The van der Waals surface area contributed by atoms with Gasteiger partial charge >= 0.3 is 0 Å². The Balaban J connectivity index is 2.25. The number of halogens is 1. The van der Waals surface area contributed by atoms with Gasteiger partial charge in [0.2, 0.25) is 0 Å². The van der Waals surface area contributed by atoms with Gasteiger partial charge in [-0.1, -0.05) is 0 Å². The Morgan fingerprint density at radius 2 is 1.93 bits per heavy atom. The highest BCUT2D eigenvalue weighted by molar-refractivity contribution is 9.10. The first-order valence-corrected chi connectivity index (χ1v) is 6.05. The first kappa shape index (κ1) is 10.5. The van der Waals surface area contributed by atoms with Crippen molar-refractivity contribution in [3.8, 4) is 6.07 Å². The molecule has 3 heteroatoms. The fourth-order valence-electron chi connectivity index (χ4n) is 1.95. The van der Waals surface area contributed by atoms with Crippen molar-refractivity contribution in [1.82, 2.24) is 0 Å². The molecule has 0 aliphatic carbocycles. The van der Waals surface area contributed by atoms with E-state index in [4.69, 9.17) is 5.26 Å². The molecule has 0 spiro atoms. The number of nitriles is 1. The van der Waals surface area contributed by atoms with Gasteiger partial charge in [-0.3, -0.25) is 0 Å². The van der Waals surface area contributed by atoms with Crippen molar-refractivity contribution >= 4 is 21.6 Å². The summed E-state index contributed by atoms with van der Waals surface area (Å²) < 4.78 is 0.880. The maximum Gasteiger partial charge on any atom is 0.100 e. The van der Waals surface area contributed by atoms with Gasteiger partial charge in [-0.15, -0.1) is 0 Å². The molecular formula is C12H13BrN2. The van der Waals surface area contributed by atoms with Crippen molar-refractivity contribution in [2.75, 3.05) is 18.0 Å².